The van der Waals surface area contributed by atoms with Crippen molar-refractivity contribution in [3.05, 3.63) is 18.0 Å². The molecule has 0 saturated carbocycles. The minimum absolute atomic E-state index is 0.195. The van der Waals surface area contributed by atoms with Gasteiger partial charge in [0, 0.05) is 18.3 Å². The van der Waals surface area contributed by atoms with Crippen LogP contribution in [0.15, 0.2) is 12.4 Å². The van der Waals surface area contributed by atoms with E-state index in [2.05, 4.69) is 17.5 Å². The van der Waals surface area contributed by atoms with Gasteiger partial charge in [-0.15, -0.1) is 0 Å². The third-order valence-electron chi connectivity index (χ3n) is 1.88. The standard InChI is InChI=1S/C9H17N3O/c1-4-12-7-9(6-10-12)8(3)11-13-5-2/h6-8,11H,4-5H2,1-3H3. The highest BCUT2D eigenvalue weighted by Crippen LogP contribution is 2.10. The number of hydroxylamine groups is 1. The summed E-state index contributed by atoms with van der Waals surface area (Å²) in [6, 6.07) is 0.195. The van der Waals surface area contributed by atoms with E-state index in [1.165, 1.54) is 0 Å². The lowest BCUT2D eigenvalue weighted by molar-refractivity contribution is 0.0285. The van der Waals surface area contributed by atoms with Crippen LogP contribution >= 0.6 is 0 Å². The molecular weight excluding hydrogens is 166 g/mol. The van der Waals surface area contributed by atoms with E-state index in [-0.39, 0.29) is 6.04 Å². The molecule has 0 aliphatic heterocycles. The van der Waals surface area contributed by atoms with Crippen molar-refractivity contribution in [2.75, 3.05) is 6.61 Å². The third kappa shape index (κ3) is 2.82. The van der Waals surface area contributed by atoms with E-state index >= 15 is 0 Å². The second-order valence-corrected chi connectivity index (χ2v) is 2.90. The SMILES string of the molecule is CCONC(C)c1cnn(CC)c1. The van der Waals surface area contributed by atoms with Crippen molar-refractivity contribution in [2.24, 2.45) is 0 Å². The van der Waals surface area contributed by atoms with Crippen LogP contribution in [0.1, 0.15) is 32.4 Å². The van der Waals surface area contributed by atoms with E-state index in [0.29, 0.717) is 6.61 Å². The Hall–Kier alpha value is -0.870. The molecule has 0 bridgehead atoms. The molecule has 1 atom stereocenters. The molecule has 1 rings (SSSR count). The van der Waals surface area contributed by atoms with Crippen LogP contribution in [0.2, 0.25) is 0 Å². The quantitative estimate of drug-likeness (QED) is 0.703. The van der Waals surface area contributed by atoms with Gasteiger partial charge in [-0.3, -0.25) is 4.68 Å². The van der Waals surface area contributed by atoms with Crippen molar-refractivity contribution >= 4 is 0 Å². The van der Waals surface area contributed by atoms with Crippen LogP contribution in [-0.4, -0.2) is 16.4 Å². The minimum atomic E-state index is 0.195. The molecule has 0 saturated heterocycles. The molecule has 1 N–H and O–H groups in total. The molecular formula is C9H17N3O. The number of nitrogens with zero attached hydrogens (tertiary/aromatic N) is 2. The zero-order valence-corrected chi connectivity index (χ0v) is 8.45. The summed E-state index contributed by atoms with van der Waals surface area (Å²) in [6.45, 7) is 7.65. The Morgan fingerprint density at radius 2 is 2.38 bits per heavy atom. The fourth-order valence-corrected chi connectivity index (χ4v) is 1.05. The smallest absolute Gasteiger partial charge is 0.0654 e. The maximum Gasteiger partial charge on any atom is 0.0654 e. The first-order chi connectivity index (χ1) is 6.27. The Morgan fingerprint density at radius 1 is 1.62 bits per heavy atom. The Morgan fingerprint density at radius 3 is 2.92 bits per heavy atom. The number of aromatic nitrogens is 2. The average molecular weight is 183 g/mol. The molecule has 4 nitrogen and oxygen atoms in total. The zero-order valence-electron chi connectivity index (χ0n) is 8.45. The van der Waals surface area contributed by atoms with Gasteiger partial charge in [0.25, 0.3) is 0 Å². The summed E-state index contributed by atoms with van der Waals surface area (Å²) in [6.07, 6.45) is 3.89. The highest BCUT2D eigenvalue weighted by Gasteiger charge is 2.06. The van der Waals surface area contributed by atoms with Crippen molar-refractivity contribution in [1.82, 2.24) is 15.3 Å². The first-order valence-electron chi connectivity index (χ1n) is 4.67. The van der Waals surface area contributed by atoms with Crippen LogP contribution in [-0.2, 0) is 11.4 Å². The van der Waals surface area contributed by atoms with Gasteiger partial charge < -0.3 is 4.84 Å². The van der Waals surface area contributed by atoms with Crippen LogP contribution in [0.5, 0.6) is 0 Å². The maximum atomic E-state index is 5.11. The van der Waals surface area contributed by atoms with E-state index in [0.717, 1.165) is 12.1 Å². The van der Waals surface area contributed by atoms with Gasteiger partial charge in [-0.05, 0) is 20.8 Å². The van der Waals surface area contributed by atoms with Crippen molar-refractivity contribution in [2.45, 2.75) is 33.4 Å². The highest BCUT2D eigenvalue weighted by molar-refractivity contribution is 5.08. The summed E-state index contributed by atoms with van der Waals surface area (Å²) in [4.78, 5) is 5.11. The van der Waals surface area contributed by atoms with Gasteiger partial charge in [-0.2, -0.15) is 10.6 Å². The van der Waals surface area contributed by atoms with Gasteiger partial charge >= 0.3 is 0 Å². The predicted molar refractivity (Wildman–Crippen MR) is 51.1 cm³/mol. The first kappa shape index (κ1) is 10.2. The number of rotatable bonds is 5. The number of nitrogens with one attached hydrogen (secondary N) is 1. The molecule has 0 aromatic carbocycles. The third-order valence-corrected chi connectivity index (χ3v) is 1.88. The van der Waals surface area contributed by atoms with Gasteiger partial charge in [0.1, 0.15) is 0 Å². The first-order valence-corrected chi connectivity index (χ1v) is 4.67. The summed E-state index contributed by atoms with van der Waals surface area (Å²) in [5.74, 6) is 0. The summed E-state index contributed by atoms with van der Waals surface area (Å²) in [5.41, 5.74) is 4.08. The molecule has 1 aromatic rings. The molecule has 1 unspecified atom stereocenters. The molecule has 0 spiro atoms. The fraction of sp³-hybridized carbons (Fsp3) is 0.667. The highest BCUT2D eigenvalue weighted by atomic mass is 16.6. The molecule has 74 valence electrons. The van der Waals surface area contributed by atoms with Gasteiger partial charge in [-0.25, -0.2) is 0 Å². The lowest BCUT2D eigenvalue weighted by Crippen LogP contribution is -2.18. The van der Waals surface area contributed by atoms with Crippen LogP contribution in [0.3, 0.4) is 0 Å². The number of hydrogen-bond acceptors (Lipinski definition) is 3. The van der Waals surface area contributed by atoms with E-state index in [1.807, 2.05) is 30.9 Å². The number of hydrogen-bond donors (Lipinski definition) is 1. The molecule has 0 fully saturated rings. The van der Waals surface area contributed by atoms with Gasteiger partial charge in [0.15, 0.2) is 0 Å². The van der Waals surface area contributed by atoms with E-state index in [9.17, 15) is 0 Å². The Balaban J connectivity index is 2.50. The summed E-state index contributed by atoms with van der Waals surface area (Å²) in [5, 5.41) is 4.18. The van der Waals surface area contributed by atoms with Crippen molar-refractivity contribution in [3.8, 4) is 0 Å². The molecule has 13 heavy (non-hydrogen) atoms. The largest absolute Gasteiger partial charge is 0.302 e. The second kappa shape index (κ2) is 4.99. The van der Waals surface area contributed by atoms with Gasteiger partial charge in [-0.1, -0.05) is 0 Å². The molecule has 1 heterocycles. The molecule has 4 heteroatoms. The molecule has 0 aliphatic rings. The average Bonchev–Trinajstić information content (AvgIpc) is 2.62. The van der Waals surface area contributed by atoms with Crippen molar-refractivity contribution in [1.29, 1.82) is 0 Å². The summed E-state index contributed by atoms with van der Waals surface area (Å²) < 4.78 is 1.90. The van der Waals surface area contributed by atoms with Crippen molar-refractivity contribution < 1.29 is 4.84 Å². The Bertz CT molecular complexity index is 247. The van der Waals surface area contributed by atoms with E-state index in [1.54, 1.807) is 0 Å². The summed E-state index contributed by atoms with van der Waals surface area (Å²) >= 11 is 0. The van der Waals surface area contributed by atoms with Crippen LogP contribution in [0, 0.1) is 0 Å². The second-order valence-electron chi connectivity index (χ2n) is 2.90. The van der Waals surface area contributed by atoms with Gasteiger partial charge in [0.05, 0.1) is 18.8 Å². The maximum absolute atomic E-state index is 5.11. The van der Waals surface area contributed by atoms with Crippen LogP contribution < -0.4 is 5.48 Å². The zero-order chi connectivity index (χ0) is 9.68. The lowest BCUT2D eigenvalue weighted by Gasteiger charge is -2.10. The molecule has 0 aliphatic carbocycles. The normalized spacial score (nSPS) is 13.2. The lowest BCUT2D eigenvalue weighted by atomic mass is 10.2. The Kier molecular flexibility index (Phi) is 3.92. The van der Waals surface area contributed by atoms with E-state index in [4.69, 9.17) is 4.84 Å². The van der Waals surface area contributed by atoms with Gasteiger partial charge in [0.2, 0.25) is 0 Å². The van der Waals surface area contributed by atoms with Crippen LogP contribution in [0.4, 0.5) is 0 Å². The fourth-order valence-electron chi connectivity index (χ4n) is 1.05. The monoisotopic (exact) mass is 183 g/mol. The van der Waals surface area contributed by atoms with E-state index < -0.39 is 0 Å². The topological polar surface area (TPSA) is 39.1 Å². The van der Waals surface area contributed by atoms with Crippen LogP contribution in [0.25, 0.3) is 0 Å². The number of aryl methyl sites for hydroxylation is 1. The predicted octanol–water partition coefficient (Wildman–Crippen LogP) is 1.51. The Labute approximate surface area is 78.8 Å². The molecule has 0 radical (unpaired) electrons. The summed E-state index contributed by atoms with van der Waals surface area (Å²) in [7, 11) is 0. The minimum Gasteiger partial charge on any atom is -0.302 e. The molecule has 1 aromatic heterocycles. The van der Waals surface area contributed by atoms with Crippen molar-refractivity contribution in [3.63, 3.8) is 0 Å². The molecule has 0 amide bonds.